The molecule has 0 fully saturated rings. The summed E-state index contributed by atoms with van der Waals surface area (Å²) in [6.45, 7) is 4.09. The fourth-order valence-corrected chi connectivity index (χ4v) is 13.8. The third-order valence-corrected chi connectivity index (χ3v) is 18.2. The number of carbonyl (C=O) groups is 4. The molecule has 0 amide bonds. The molecule has 4 aliphatic carbocycles. The Labute approximate surface area is 573 Å². The molecule has 4 aliphatic heterocycles. The highest BCUT2D eigenvalue weighted by Gasteiger charge is 2.43. The summed E-state index contributed by atoms with van der Waals surface area (Å²) in [5.74, 6) is 1.21. The summed E-state index contributed by atoms with van der Waals surface area (Å²) in [6.07, 6.45) is 1.70. The van der Waals surface area contributed by atoms with Crippen LogP contribution in [0.2, 0.25) is 5.02 Å². The summed E-state index contributed by atoms with van der Waals surface area (Å²) in [6, 6.07) is 57.4. The maximum Gasteiger partial charge on any atom is 0.194 e. The third kappa shape index (κ3) is 12.0. The van der Waals surface area contributed by atoms with Crippen LogP contribution in [-0.2, 0) is 0 Å². The molecule has 8 aliphatic rings. The first-order valence-corrected chi connectivity index (χ1v) is 32.1. The fraction of sp³-hybridized carbons (Fsp3) is 0.108. The second kappa shape index (κ2) is 26.4. The Hall–Kier alpha value is -10.6. The van der Waals surface area contributed by atoms with Gasteiger partial charge >= 0.3 is 0 Å². The first kappa shape index (κ1) is 63.2. The largest absolute Gasteiger partial charge is 0.504 e. The molecule has 21 heteroatoms. The lowest BCUT2D eigenvalue weighted by molar-refractivity contribution is 0.102. The van der Waals surface area contributed by atoms with Gasteiger partial charge in [-0.2, -0.15) is 0 Å². The number of fused-ring (bicyclic) bond motifs is 8. The number of ketones is 4. The molecule has 0 aromatic heterocycles. The molecule has 16 rings (SSSR count). The van der Waals surface area contributed by atoms with Gasteiger partial charge in [0, 0.05) is 69.3 Å². The molecule has 0 spiro atoms. The van der Waals surface area contributed by atoms with E-state index in [0.29, 0.717) is 71.2 Å². The van der Waals surface area contributed by atoms with E-state index in [-0.39, 0.29) is 47.0 Å². The number of anilines is 1. The molecule has 8 aromatic carbocycles. The summed E-state index contributed by atoms with van der Waals surface area (Å²) in [5, 5.41) is 37.8. The monoisotopic (exact) mass is 1350 g/mol. The van der Waals surface area contributed by atoms with Gasteiger partial charge in [0.25, 0.3) is 0 Å². The molecule has 9 N–H and O–H groups in total. The second-order valence-electron chi connectivity index (χ2n) is 22.9. The van der Waals surface area contributed by atoms with E-state index in [9.17, 15) is 24.3 Å². The number of rotatable bonds is 9. The van der Waals surface area contributed by atoms with Gasteiger partial charge in [-0.1, -0.05) is 164 Å². The van der Waals surface area contributed by atoms with Gasteiger partial charge in [0.15, 0.2) is 55.1 Å². The Bertz CT molecular complexity index is 4790. The second-order valence-corrected chi connectivity index (χ2v) is 25.0. The minimum atomic E-state index is -0.400. The van der Waals surface area contributed by atoms with Crippen molar-refractivity contribution in [2.75, 3.05) is 32.7 Å². The van der Waals surface area contributed by atoms with Crippen molar-refractivity contribution in [3.05, 3.63) is 295 Å². The number of ether oxygens (including phenoxy) is 2. The van der Waals surface area contributed by atoms with Crippen molar-refractivity contribution < 1.29 is 33.8 Å². The lowest BCUT2D eigenvalue weighted by Gasteiger charge is -2.28. The van der Waals surface area contributed by atoms with Gasteiger partial charge < -0.3 is 62.0 Å². The van der Waals surface area contributed by atoms with Crippen LogP contribution in [0.5, 0.6) is 17.2 Å². The van der Waals surface area contributed by atoms with Gasteiger partial charge in [-0.05, 0) is 120 Å². The normalized spacial score (nSPS) is 18.7. The first-order chi connectivity index (χ1) is 46.0. The minimum absolute atomic E-state index is 0.0236. The van der Waals surface area contributed by atoms with Gasteiger partial charge in [-0.25, -0.2) is 0 Å². The number of hydrogen-bond acceptors (Lipinski definition) is 12. The Kier molecular flexibility index (Phi) is 17.6. The molecule has 95 heavy (non-hydrogen) atoms. The predicted octanol–water partition coefficient (Wildman–Crippen LogP) is 12.3. The molecular weight excluding hydrogens is 1290 g/mol. The number of nitrogens with zero attached hydrogens (tertiary/aromatic N) is 1. The molecule has 472 valence electrons. The lowest BCUT2D eigenvalue weighted by Crippen LogP contribution is -2.43. The summed E-state index contributed by atoms with van der Waals surface area (Å²) in [7, 11) is 5.50. The Morgan fingerprint density at radius 3 is 1.17 bits per heavy atom. The highest BCUT2D eigenvalue weighted by atomic mass is 35.5. The number of carbonyl (C=O) groups excluding carboxylic acids is 4. The number of nitrogens with one attached hydrogen (secondary N) is 8. The quantitative estimate of drug-likeness (QED) is 0.0487. The number of halogens is 1. The van der Waals surface area contributed by atoms with Crippen molar-refractivity contribution in [1.29, 1.82) is 0 Å². The summed E-state index contributed by atoms with van der Waals surface area (Å²) in [4.78, 5) is 53.6. The average molecular weight is 1350 g/mol. The zero-order valence-electron chi connectivity index (χ0n) is 51.1. The predicted molar refractivity (Wildman–Crippen MR) is 386 cm³/mol. The maximum atomic E-state index is 13.0. The van der Waals surface area contributed by atoms with Gasteiger partial charge in [0.1, 0.15) is 12.4 Å². The molecule has 0 radical (unpaired) electrons. The molecule has 4 unspecified atom stereocenters. The van der Waals surface area contributed by atoms with Crippen LogP contribution >= 0.6 is 60.5 Å². The van der Waals surface area contributed by atoms with Gasteiger partial charge in [0.05, 0.1) is 76.4 Å². The molecule has 8 aromatic rings. The van der Waals surface area contributed by atoms with Crippen LogP contribution in [0.1, 0.15) is 110 Å². The first-order valence-electron chi connectivity index (χ1n) is 30.1. The van der Waals surface area contributed by atoms with E-state index in [1.807, 2.05) is 177 Å². The van der Waals surface area contributed by atoms with Crippen molar-refractivity contribution in [3.63, 3.8) is 0 Å². The van der Waals surface area contributed by atoms with E-state index in [2.05, 4.69) is 61.2 Å². The van der Waals surface area contributed by atoms with Gasteiger partial charge in [-0.3, -0.25) is 19.2 Å². The molecule has 0 saturated carbocycles. The zero-order chi connectivity index (χ0) is 66.3. The van der Waals surface area contributed by atoms with E-state index >= 15 is 0 Å². The fourth-order valence-electron chi connectivity index (χ4n) is 12.7. The number of methoxy groups -OCH3 is 1. The number of thiocarbonyl (C=S) groups is 4. The maximum absolute atomic E-state index is 13.0. The molecule has 0 bridgehead atoms. The number of hydrogen-bond donors (Lipinski definition) is 9. The van der Waals surface area contributed by atoms with Crippen LogP contribution in [0.25, 0.3) is 22.8 Å². The number of aromatic hydroxyl groups is 1. The number of phenolic OH excluding ortho intramolecular Hbond substituents is 1. The lowest BCUT2D eigenvalue weighted by atomic mass is 9.94. The topological polar surface area (TPSA) is 206 Å². The third-order valence-electron chi connectivity index (χ3n) is 17.1. The van der Waals surface area contributed by atoms with Crippen LogP contribution in [0.4, 0.5) is 5.69 Å². The highest BCUT2D eigenvalue weighted by Crippen LogP contribution is 2.45. The molecule has 16 nitrogen and oxygen atoms in total. The molecule has 4 heterocycles. The van der Waals surface area contributed by atoms with Gasteiger partial charge in [-0.15, -0.1) is 0 Å². The van der Waals surface area contributed by atoms with Crippen LogP contribution in [-0.4, -0.2) is 76.5 Å². The Morgan fingerprint density at radius 2 is 0.800 bits per heavy atom. The smallest absolute Gasteiger partial charge is 0.194 e. The van der Waals surface area contributed by atoms with Crippen molar-refractivity contribution in [2.24, 2.45) is 0 Å². The van der Waals surface area contributed by atoms with E-state index in [0.717, 1.165) is 89.9 Å². The van der Waals surface area contributed by atoms with Crippen LogP contribution in [0, 0.1) is 0 Å². The minimum Gasteiger partial charge on any atom is -0.504 e. The standard InChI is InChI=1S/C20H16N2O2S.C19H17N3OS.C18H14N2O3S.C17H11ClN2OS/c1-2-10-24-13-7-5-6-12(11-13)17-16-18(22-20(25)21-17)14-8-3-4-9-15(14)19(16)23;1-22(2)12-9-7-11(8-10-12)16-15-17(21-19(24)20-16)13-5-3-4-6-14(13)18(15)23;1-23-13-8-9(6-7-12(13)21)15-14-16(20-18(24)19-15)10-4-2-3-5-11(10)17(14)22;18-10-5-3-4-9(8-10)14-13-15(20-17(22)19-14)11-6-1-2-7-12(11)16(13)21/h2-9,11,17H,1,10H2,(H2,21,22,25);3-10,16H,1-2H3,(H2,20,21,24);2-8,15,21H,1H3,(H2,19,20,24);1-8,14H,(H2,19,20,22). The SMILES string of the molecule is C=CCOc1cccc(C2NC(=S)NC3=C2C(=O)c2ccccc23)c1.CN(C)c1ccc(C2NC(=S)NC3=C2C(=O)c2ccccc23)cc1.COc1cc(C2NC(=S)NC3=C2C(=O)c2ccccc23)ccc1O.O=C1C2=C(NC(=S)NC2c2cccc(Cl)c2)c2ccccc21. The molecule has 4 atom stereocenters. The van der Waals surface area contributed by atoms with Crippen molar-refractivity contribution >= 4 is 133 Å². The zero-order valence-corrected chi connectivity index (χ0v) is 55.1. The number of Topliss-reactive ketones (excluding diaryl/α,β-unsaturated/α-hetero) is 4. The van der Waals surface area contributed by atoms with Crippen LogP contribution in [0.3, 0.4) is 0 Å². The van der Waals surface area contributed by atoms with E-state index < -0.39 is 6.04 Å². The Balaban J connectivity index is 0.000000115. The number of benzene rings is 8. The molecule has 0 saturated heterocycles. The van der Waals surface area contributed by atoms with E-state index in [4.69, 9.17) is 69.9 Å². The summed E-state index contributed by atoms with van der Waals surface area (Å²) >= 11 is 27.4. The van der Waals surface area contributed by atoms with Crippen molar-refractivity contribution in [1.82, 2.24) is 42.5 Å². The Morgan fingerprint density at radius 1 is 0.453 bits per heavy atom. The molecular formula is C74H58ClN9O7S4. The summed E-state index contributed by atoms with van der Waals surface area (Å²) < 4.78 is 10.8. The summed E-state index contributed by atoms with van der Waals surface area (Å²) in [5.41, 5.74) is 17.1. The van der Waals surface area contributed by atoms with Crippen LogP contribution in [0.15, 0.2) is 223 Å². The van der Waals surface area contributed by atoms with Crippen LogP contribution < -0.4 is 56.9 Å². The number of phenols is 1. The van der Waals surface area contributed by atoms with Gasteiger partial charge in [0.2, 0.25) is 0 Å². The highest BCUT2D eigenvalue weighted by molar-refractivity contribution is 7.80. The van der Waals surface area contributed by atoms with Crippen molar-refractivity contribution in [3.8, 4) is 17.2 Å². The van der Waals surface area contributed by atoms with E-state index in [1.165, 1.54) is 7.11 Å². The van der Waals surface area contributed by atoms with E-state index in [1.54, 1.807) is 24.3 Å². The van der Waals surface area contributed by atoms with Crippen molar-refractivity contribution in [2.45, 2.75) is 24.2 Å². The average Bonchev–Trinajstić information content (AvgIpc) is 1.63.